The molecule has 6 aliphatic rings. The van der Waals surface area contributed by atoms with Gasteiger partial charge in [0.15, 0.2) is 0 Å². The highest BCUT2D eigenvalue weighted by atomic mass is 35.5. The molecule has 0 spiro atoms. The van der Waals surface area contributed by atoms with Crippen molar-refractivity contribution in [3.05, 3.63) is 0 Å². The van der Waals surface area contributed by atoms with E-state index in [4.69, 9.17) is 0 Å². The first-order chi connectivity index (χ1) is 9.23. The third kappa shape index (κ3) is 1.78. The molecule has 0 radical (unpaired) electrons. The van der Waals surface area contributed by atoms with Crippen LogP contribution in [0.25, 0.3) is 0 Å². The molecule has 20 heavy (non-hydrogen) atoms. The van der Waals surface area contributed by atoms with Crippen LogP contribution in [-0.2, 0) is 4.79 Å². The highest BCUT2D eigenvalue weighted by Crippen LogP contribution is 2.60. The van der Waals surface area contributed by atoms with Crippen LogP contribution in [0.5, 0.6) is 0 Å². The van der Waals surface area contributed by atoms with Gasteiger partial charge in [0, 0.05) is 24.5 Å². The summed E-state index contributed by atoms with van der Waals surface area (Å²) in [5.74, 6) is 4.55. The van der Waals surface area contributed by atoms with Crippen LogP contribution in [0.4, 0.5) is 0 Å². The molecule has 0 aromatic heterocycles. The van der Waals surface area contributed by atoms with E-state index in [1.807, 2.05) is 0 Å². The van der Waals surface area contributed by atoms with E-state index in [2.05, 4.69) is 10.6 Å². The Labute approximate surface area is 127 Å². The molecule has 1 saturated heterocycles. The summed E-state index contributed by atoms with van der Waals surface area (Å²) in [6, 6.07) is 0.516. The normalized spacial score (nSPS) is 54.2. The Morgan fingerprint density at radius 3 is 1.95 bits per heavy atom. The minimum atomic E-state index is 0. The predicted molar refractivity (Wildman–Crippen MR) is 79.6 cm³/mol. The van der Waals surface area contributed by atoms with Crippen molar-refractivity contribution in [2.75, 3.05) is 13.1 Å². The molecule has 0 aromatic carbocycles. The molecule has 2 unspecified atom stereocenters. The van der Waals surface area contributed by atoms with E-state index in [9.17, 15) is 4.79 Å². The fourth-order valence-electron chi connectivity index (χ4n) is 6.33. The molecule has 6 rings (SSSR count). The summed E-state index contributed by atoms with van der Waals surface area (Å²) in [7, 11) is 0. The lowest BCUT2D eigenvalue weighted by molar-refractivity contribution is -0.146. The number of carbonyl (C=O) groups is 1. The number of rotatable bonds is 2. The molecule has 2 atom stereocenters. The molecule has 4 heteroatoms. The number of hydrogen-bond acceptors (Lipinski definition) is 2. The SMILES string of the molecule is Cl.O=C(NC1C2CNCC21)C12CC3CC(CC(C3)C1)C2. The Kier molecular flexibility index (Phi) is 2.92. The predicted octanol–water partition coefficient (Wildman–Crippen LogP) is 1.96. The van der Waals surface area contributed by atoms with Crippen LogP contribution < -0.4 is 10.6 Å². The molecule has 2 N–H and O–H groups in total. The largest absolute Gasteiger partial charge is 0.352 e. The highest BCUT2D eigenvalue weighted by Gasteiger charge is 2.58. The second-order valence-electron chi connectivity index (χ2n) is 8.18. The molecule has 0 aromatic rings. The molecular formula is C16H25ClN2O. The minimum absolute atomic E-state index is 0. The first-order valence-corrected chi connectivity index (χ1v) is 8.25. The van der Waals surface area contributed by atoms with E-state index in [0.717, 1.165) is 42.7 Å². The number of nitrogens with one attached hydrogen (secondary N) is 2. The van der Waals surface area contributed by atoms with Crippen molar-refractivity contribution in [3.63, 3.8) is 0 Å². The van der Waals surface area contributed by atoms with Crippen molar-refractivity contribution >= 4 is 18.3 Å². The fraction of sp³-hybridized carbons (Fsp3) is 0.938. The Balaban J connectivity index is 0.00000106. The Bertz CT molecular complexity index is 393. The van der Waals surface area contributed by atoms with Crippen LogP contribution in [0.1, 0.15) is 38.5 Å². The molecular weight excluding hydrogens is 272 g/mol. The van der Waals surface area contributed by atoms with Gasteiger partial charge in [-0.2, -0.15) is 0 Å². The number of piperidine rings is 1. The van der Waals surface area contributed by atoms with Crippen molar-refractivity contribution in [3.8, 4) is 0 Å². The number of hydrogen-bond donors (Lipinski definition) is 2. The second kappa shape index (κ2) is 4.36. The van der Waals surface area contributed by atoms with Crippen molar-refractivity contribution < 1.29 is 4.79 Å². The first-order valence-electron chi connectivity index (χ1n) is 8.25. The summed E-state index contributed by atoms with van der Waals surface area (Å²) in [6.45, 7) is 2.24. The summed E-state index contributed by atoms with van der Waals surface area (Å²) in [6.07, 6.45) is 7.86. The third-order valence-electron chi connectivity index (χ3n) is 6.91. The summed E-state index contributed by atoms with van der Waals surface area (Å²) < 4.78 is 0. The molecule has 4 bridgehead atoms. The zero-order valence-electron chi connectivity index (χ0n) is 11.9. The van der Waals surface area contributed by atoms with Gasteiger partial charge in [-0.15, -0.1) is 12.4 Å². The van der Waals surface area contributed by atoms with Gasteiger partial charge in [-0.05, 0) is 68.1 Å². The number of carbonyl (C=O) groups excluding carboxylic acids is 1. The molecule has 3 nitrogen and oxygen atoms in total. The van der Waals surface area contributed by atoms with Crippen molar-refractivity contribution in [1.82, 2.24) is 10.6 Å². The summed E-state index contributed by atoms with van der Waals surface area (Å²) in [4.78, 5) is 12.8. The maximum atomic E-state index is 12.8. The monoisotopic (exact) mass is 296 g/mol. The zero-order valence-corrected chi connectivity index (χ0v) is 12.8. The maximum Gasteiger partial charge on any atom is 0.226 e. The van der Waals surface area contributed by atoms with Crippen molar-refractivity contribution in [1.29, 1.82) is 0 Å². The number of halogens is 1. The lowest BCUT2D eigenvalue weighted by Gasteiger charge is -2.55. The lowest BCUT2D eigenvalue weighted by atomic mass is 9.49. The molecule has 112 valence electrons. The van der Waals surface area contributed by atoms with Gasteiger partial charge in [0.2, 0.25) is 5.91 Å². The van der Waals surface area contributed by atoms with E-state index in [1.54, 1.807) is 0 Å². The van der Waals surface area contributed by atoms with Crippen LogP contribution in [-0.4, -0.2) is 25.0 Å². The standard InChI is InChI=1S/C16H24N2O.ClH/c19-15(18-14-12-7-17-8-13(12)14)16-4-9-1-10(5-16)3-11(2-9)6-16;/h9-14,17H,1-8H2,(H,18,19);1H. The number of fused-ring (bicyclic) bond motifs is 1. The van der Waals surface area contributed by atoms with E-state index >= 15 is 0 Å². The molecule has 5 aliphatic carbocycles. The molecule has 5 saturated carbocycles. The van der Waals surface area contributed by atoms with Crippen LogP contribution in [0.15, 0.2) is 0 Å². The van der Waals surface area contributed by atoms with Gasteiger partial charge in [0.05, 0.1) is 0 Å². The smallest absolute Gasteiger partial charge is 0.226 e. The average molecular weight is 297 g/mol. The van der Waals surface area contributed by atoms with Crippen LogP contribution in [0.2, 0.25) is 0 Å². The van der Waals surface area contributed by atoms with Crippen LogP contribution >= 0.6 is 12.4 Å². The molecule has 1 heterocycles. The van der Waals surface area contributed by atoms with Gasteiger partial charge in [-0.1, -0.05) is 0 Å². The minimum Gasteiger partial charge on any atom is -0.352 e. The van der Waals surface area contributed by atoms with Gasteiger partial charge in [-0.3, -0.25) is 4.79 Å². The zero-order chi connectivity index (χ0) is 12.6. The lowest BCUT2D eigenvalue weighted by Crippen LogP contribution is -2.54. The molecule has 1 amide bonds. The van der Waals surface area contributed by atoms with Crippen LogP contribution in [0, 0.1) is 35.0 Å². The van der Waals surface area contributed by atoms with Gasteiger partial charge in [0.25, 0.3) is 0 Å². The summed E-state index contributed by atoms with van der Waals surface area (Å²) in [5.41, 5.74) is 0.0546. The third-order valence-corrected chi connectivity index (χ3v) is 6.91. The van der Waals surface area contributed by atoms with E-state index < -0.39 is 0 Å². The maximum absolute atomic E-state index is 12.8. The Hall–Kier alpha value is -0.280. The van der Waals surface area contributed by atoms with Crippen molar-refractivity contribution in [2.24, 2.45) is 35.0 Å². The van der Waals surface area contributed by atoms with E-state index in [1.165, 1.54) is 38.5 Å². The average Bonchev–Trinajstić information content (AvgIpc) is 2.82. The summed E-state index contributed by atoms with van der Waals surface area (Å²) >= 11 is 0. The topological polar surface area (TPSA) is 41.1 Å². The first kappa shape index (κ1) is 13.4. The number of amides is 1. The Morgan fingerprint density at radius 1 is 0.950 bits per heavy atom. The summed E-state index contributed by atoms with van der Waals surface area (Å²) in [5, 5.41) is 6.84. The van der Waals surface area contributed by atoms with Crippen LogP contribution in [0.3, 0.4) is 0 Å². The fourth-order valence-corrected chi connectivity index (χ4v) is 6.33. The van der Waals surface area contributed by atoms with Gasteiger partial charge >= 0.3 is 0 Å². The van der Waals surface area contributed by atoms with Crippen molar-refractivity contribution in [2.45, 2.75) is 44.6 Å². The second-order valence-corrected chi connectivity index (χ2v) is 8.18. The quantitative estimate of drug-likeness (QED) is 0.818. The van der Waals surface area contributed by atoms with Gasteiger partial charge in [-0.25, -0.2) is 0 Å². The molecule has 1 aliphatic heterocycles. The Morgan fingerprint density at radius 2 is 1.45 bits per heavy atom. The van der Waals surface area contributed by atoms with E-state index in [0.29, 0.717) is 11.9 Å². The molecule has 6 fully saturated rings. The van der Waals surface area contributed by atoms with E-state index in [-0.39, 0.29) is 17.8 Å². The highest BCUT2D eigenvalue weighted by molar-refractivity contribution is 5.85. The van der Waals surface area contributed by atoms with Gasteiger partial charge in [0.1, 0.15) is 0 Å². The van der Waals surface area contributed by atoms with Gasteiger partial charge < -0.3 is 10.6 Å².